The molecule has 18 heavy (non-hydrogen) atoms. The average Bonchev–Trinajstić information content (AvgIpc) is 2.32. The summed E-state index contributed by atoms with van der Waals surface area (Å²) >= 11 is 0. The Labute approximate surface area is 105 Å². The summed E-state index contributed by atoms with van der Waals surface area (Å²) in [6.07, 6.45) is 0. The van der Waals surface area contributed by atoms with Gasteiger partial charge in [-0.25, -0.2) is 0 Å². The van der Waals surface area contributed by atoms with Crippen LogP contribution in [0.4, 0.5) is 11.4 Å². The number of methoxy groups -OCH3 is 1. The van der Waals surface area contributed by atoms with Crippen LogP contribution in [0.2, 0.25) is 0 Å². The molecule has 100 valence electrons. The molecular formula is C11H16N2O5. The van der Waals surface area contributed by atoms with Crippen LogP contribution in [-0.4, -0.2) is 31.9 Å². The second-order valence-corrected chi connectivity index (χ2v) is 3.39. The maximum atomic E-state index is 10.9. The van der Waals surface area contributed by atoms with Crippen LogP contribution in [0.5, 0.6) is 11.5 Å². The SMILES string of the molecule is CCOc1cc([N+](=O)[O-])c(OCCOC)cc1N. The minimum Gasteiger partial charge on any atom is -0.491 e. The van der Waals surface area contributed by atoms with E-state index in [0.717, 1.165) is 0 Å². The van der Waals surface area contributed by atoms with Crippen LogP contribution in [0.1, 0.15) is 6.92 Å². The Balaban J connectivity index is 3.00. The van der Waals surface area contributed by atoms with Crippen molar-refractivity contribution in [3.8, 4) is 11.5 Å². The first-order valence-corrected chi connectivity index (χ1v) is 5.42. The second kappa shape index (κ2) is 6.65. The Morgan fingerprint density at radius 2 is 2.00 bits per heavy atom. The van der Waals surface area contributed by atoms with Crippen LogP contribution in [0.25, 0.3) is 0 Å². The highest BCUT2D eigenvalue weighted by atomic mass is 16.6. The molecule has 0 aliphatic carbocycles. The summed E-state index contributed by atoms with van der Waals surface area (Å²) < 4.78 is 15.3. The van der Waals surface area contributed by atoms with Gasteiger partial charge in [-0.05, 0) is 6.92 Å². The van der Waals surface area contributed by atoms with Crippen LogP contribution in [-0.2, 0) is 4.74 Å². The summed E-state index contributed by atoms with van der Waals surface area (Å²) in [6, 6.07) is 2.65. The van der Waals surface area contributed by atoms with Crippen LogP contribution in [0.3, 0.4) is 0 Å². The predicted octanol–water partition coefficient (Wildman–Crippen LogP) is 1.60. The summed E-state index contributed by atoms with van der Waals surface area (Å²) in [4.78, 5) is 10.4. The first-order valence-electron chi connectivity index (χ1n) is 5.42. The van der Waals surface area contributed by atoms with E-state index in [2.05, 4.69) is 0 Å². The number of nitrogens with two attached hydrogens (primary N) is 1. The molecule has 1 aromatic carbocycles. The van der Waals surface area contributed by atoms with E-state index < -0.39 is 4.92 Å². The van der Waals surface area contributed by atoms with Gasteiger partial charge in [0.05, 0.1) is 29.9 Å². The summed E-state index contributed by atoms with van der Waals surface area (Å²) in [5.74, 6) is 0.390. The zero-order chi connectivity index (χ0) is 13.5. The molecule has 2 N–H and O–H groups in total. The smallest absolute Gasteiger partial charge is 0.314 e. The van der Waals surface area contributed by atoms with E-state index in [1.54, 1.807) is 6.92 Å². The number of rotatable bonds is 7. The highest BCUT2D eigenvalue weighted by Gasteiger charge is 2.19. The number of hydrogen-bond donors (Lipinski definition) is 1. The number of nitro groups is 1. The Morgan fingerprint density at radius 1 is 1.28 bits per heavy atom. The minimum absolute atomic E-state index is 0.109. The van der Waals surface area contributed by atoms with Gasteiger partial charge in [0, 0.05) is 13.2 Å². The summed E-state index contributed by atoms with van der Waals surface area (Å²) in [6.45, 7) is 2.70. The van der Waals surface area contributed by atoms with E-state index >= 15 is 0 Å². The number of nitro benzene ring substituents is 1. The molecular weight excluding hydrogens is 240 g/mol. The van der Waals surface area contributed by atoms with E-state index in [1.807, 2.05) is 0 Å². The largest absolute Gasteiger partial charge is 0.491 e. The van der Waals surface area contributed by atoms with Gasteiger partial charge in [-0.2, -0.15) is 0 Å². The van der Waals surface area contributed by atoms with E-state index in [0.29, 0.717) is 18.9 Å². The highest BCUT2D eigenvalue weighted by Crippen LogP contribution is 2.36. The van der Waals surface area contributed by atoms with Gasteiger partial charge in [-0.1, -0.05) is 0 Å². The van der Waals surface area contributed by atoms with E-state index in [1.165, 1.54) is 19.2 Å². The van der Waals surface area contributed by atoms with Gasteiger partial charge in [-0.3, -0.25) is 10.1 Å². The number of ether oxygens (including phenoxy) is 3. The molecule has 0 atom stereocenters. The lowest BCUT2D eigenvalue weighted by molar-refractivity contribution is -0.385. The predicted molar refractivity (Wildman–Crippen MR) is 66.0 cm³/mol. The monoisotopic (exact) mass is 256 g/mol. The molecule has 0 spiro atoms. The quantitative estimate of drug-likeness (QED) is 0.344. The normalized spacial score (nSPS) is 10.1. The van der Waals surface area contributed by atoms with E-state index in [-0.39, 0.29) is 23.8 Å². The number of nitrogens with zero attached hydrogens (tertiary/aromatic N) is 1. The molecule has 0 radical (unpaired) electrons. The Bertz CT molecular complexity index is 422. The highest BCUT2D eigenvalue weighted by molar-refractivity contribution is 5.64. The molecule has 7 nitrogen and oxygen atoms in total. The van der Waals surface area contributed by atoms with Crippen molar-refractivity contribution < 1.29 is 19.1 Å². The van der Waals surface area contributed by atoms with Crippen LogP contribution in [0, 0.1) is 10.1 Å². The van der Waals surface area contributed by atoms with Crippen LogP contribution < -0.4 is 15.2 Å². The molecule has 0 fully saturated rings. The van der Waals surface area contributed by atoms with Crippen molar-refractivity contribution >= 4 is 11.4 Å². The molecule has 7 heteroatoms. The molecule has 0 amide bonds. The Kier molecular flexibility index (Phi) is 5.19. The third-order valence-electron chi connectivity index (χ3n) is 2.13. The average molecular weight is 256 g/mol. The third-order valence-corrected chi connectivity index (χ3v) is 2.13. The molecule has 1 aromatic rings. The van der Waals surface area contributed by atoms with E-state index in [9.17, 15) is 10.1 Å². The fraction of sp³-hybridized carbons (Fsp3) is 0.455. The zero-order valence-corrected chi connectivity index (χ0v) is 10.3. The maximum absolute atomic E-state index is 10.9. The molecule has 0 heterocycles. The lowest BCUT2D eigenvalue weighted by Crippen LogP contribution is -2.07. The molecule has 0 saturated heterocycles. The maximum Gasteiger partial charge on any atom is 0.314 e. The zero-order valence-electron chi connectivity index (χ0n) is 10.3. The fourth-order valence-corrected chi connectivity index (χ4v) is 1.34. The second-order valence-electron chi connectivity index (χ2n) is 3.39. The summed E-state index contributed by atoms with van der Waals surface area (Å²) in [5.41, 5.74) is 5.85. The first kappa shape index (κ1) is 14.0. The van der Waals surface area contributed by atoms with Crippen molar-refractivity contribution in [2.45, 2.75) is 6.92 Å². The van der Waals surface area contributed by atoms with Crippen molar-refractivity contribution in [1.29, 1.82) is 0 Å². The molecule has 0 aliphatic rings. The number of hydrogen-bond acceptors (Lipinski definition) is 6. The molecule has 1 rings (SSSR count). The molecule has 0 aliphatic heterocycles. The molecule has 0 bridgehead atoms. The van der Waals surface area contributed by atoms with Crippen molar-refractivity contribution in [2.75, 3.05) is 32.7 Å². The molecule has 0 aromatic heterocycles. The number of benzene rings is 1. The third kappa shape index (κ3) is 3.49. The topological polar surface area (TPSA) is 96.9 Å². The minimum atomic E-state index is -0.538. The van der Waals surface area contributed by atoms with Gasteiger partial charge in [0.1, 0.15) is 12.4 Å². The van der Waals surface area contributed by atoms with Gasteiger partial charge in [-0.15, -0.1) is 0 Å². The van der Waals surface area contributed by atoms with Gasteiger partial charge < -0.3 is 19.9 Å². The number of nitrogen functional groups attached to an aromatic ring is 1. The van der Waals surface area contributed by atoms with Gasteiger partial charge in [0.15, 0.2) is 5.75 Å². The summed E-state index contributed by atoms with van der Waals surface area (Å²) in [7, 11) is 1.52. The van der Waals surface area contributed by atoms with Gasteiger partial charge >= 0.3 is 5.69 Å². The van der Waals surface area contributed by atoms with E-state index in [4.69, 9.17) is 19.9 Å². The standard InChI is InChI=1S/C11H16N2O5/c1-3-17-10-7-9(13(14)15)11(6-8(10)12)18-5-4-16-2/h6-7H,3-5,12H2,1-2H3. The fourth-order valence-electron chi connectivity index (χ4n) is 1.34. The van der Waals surface area contributed by atoms with Crippen LogP contribution >= 0.6 is 0 Å². The van der Waals surface area contributed by atoms with Gasteiger partial charge in [0.25, 0.3) is 0 Å². The Morgan fingerprint density at radius 3 is 2.56 bits per heavy atom. The van der Waals surface area contributed by atoms with Crippen molar-refractivity contribution in [2.24, 2.45) is 0 Å². The Hall–Kier alpha value is -2.02. The van der Waals surface area contributed by atoms with Crippen molar-refractivity contribution in [3.63, 3.8) is 0 Å². The first-order chi connectivity index (χ1) is 8.60. The van der Waals surface area contributed by atoms with Crippen molar-refractivity contribution in [3.05, 3.63) is 22.2 Å². The molecule has 0 unspecified atom stereocenters. The summed E-state index contributed by atoms with van der Waals surface area (Å²) in [5, 5.41) is 10.9. The lowest BCUT2D eigenvalue weighted by Gasteiger charge is -2.10. The van der Waals surface area contributed by atoms with Crippen LogP contribution in [0.15, 0.2) is 12.1 Å². The number of anilines is 1. The van der Waals surface area contributed by atoms with Crippen molar-refractivity contribution in [1.82, 2.24) is 0 Å². The lowest BCUT2D eigenvalue weighted by atomic mass is 10.2. The molecule has 0 saturated carbocycles. The van der Waals surface area contributed by atoms with Gasteiger partial charge in [0.2, 0.25) is 0 Å².